The molecule has 0 radical (unpaired) electrons. The lowest BCUT2D eigenvalue weighted by Crippen LogP contribution is -2.29. The highest BCUT2D eigenvalue weighted by atomic mass is 32.1. The van der Waals surface area contributed by atoms with Crippen LogP contribution in [-0.4, -0.2) is 22.7 Å². The van der Waals surface area contributed by atoms with E-state index in [1.165, 1.54) is 22.8 Å². The highest BCUT2D eigenvalue weighted by Gasteiger charge is 2.26. The fourth-order valence-electron chi connectivity index (χ4n) is 2.53. The van der Waals surface area contributed by atoms with E-state index in [-0.39, 0.29) is 0 Å². The molecular formula is C13H16N4S. The number of para-hydroxylation sites is 1. The molecule has 0 bridgehead atoms. The lowest BCUT2D eigenvalue weighted by atomic mass is 10.1. The van der Waals surface area contributed by atoms with Crippen LogP contribution in [0.3, 0.4) is 0 Å². The summed E-state index contributed by atoms with van der Waals surface area (Å²) in [6.45, 7) is 3.09. The number of anilines is 2. The van der Waals surface area contributed by atoms with Crippen LogP contribution in [0.1, 0.15) is 18.2 Å². The van der Waals surface area contributed by atoms with Crippen molar-refractivity contribution < 1.29 is 0 Å². The first-order valence-electron chi connectivity index (χ1n) is 6.13. The van der Waals surface area contributed by atoms with E-state index in [4.69, 9.17) is 0 Å². The first-order valence-corrected chi connectivity index (χ1v) is 6.90. The molecular weight excluding hydrogens is 244 g/mol. The van der Waals surface area contributed by atoms with E-state index in [2.05, 4.69) is 51.0 Å². The van der Waals surface area contributed by atoms with E-state index >= 15 is 0 Å². The molecule has 1 aromatic carbocycles. The van der Waals surface area contributed by atoms with Gasteiger partial charge in [-0.2, -0.15) is 0 Å². The van der Waals surface area contributed by atoms with Gasteiger partial charge in [-0.3, -0.25) is 0 Å². The molecule has 0 amide bonds. The van der Waals surface area contributed by atoms with Crippen molar-refractivity contribution in [3.63, 3.8) is 0 Å². The first-order chi connectivity index (χ1) is 8.79. The van der Waals surface area contributed by atoms with Crippen molar-refractivity contribution in [2.24, 2.45) is 0 Å². The van der Waals surface area contributed by atoms with Gasteiger partial charge in [0.1, 0.15) is 10.7 Å². The standard InChI is InChI=1S/C13H16N4S/c1-9-7-10-5-3-4-6-12(10)17(9)8-11-13(14-2)18-16-15-11/h3-6,9,14H,7-8H2,1-2H3. The number of rotatable bonds is 3. The summed E-state index contributed by atoms with van der Waals surface area (Å²) in [4.78, 5) is 2.41. The molecule has 1 N–H and O–H groups in total. The minimum atomic E-state index is 0.522. The summed E-state index contributed by atoms with van der Waals surface area (Å²) in [6, 6.07) is 9.14. The summed E-state index contributed by atoms with van der Waals surface area (Å²) < 4.78 is 4.02. The third kappa shape index (κ3) is 1.84. The fraction of sp³-hybridized carbons (Fsp3) is 0.385. The quantitative estimate of drug-likeness (QED) is 0.920. The molecule has 1 aromatic heterocycles. The molecule has 94 valence electrons. The lowest BCUT2D eigenvalue weighted by Gasteiger charge is -2.24. The van der Waals surface area contributed by atoms with Crippen LogP contribution in [0, 0.1) is 0 Å². The van der Waals surface area contributed by atoms with Gasteiger partial charge in [-0.1, -0.05) is 22.7 Å². The summed E-state index contributed by atoms with van der Waals surface area (Å²) in [5.74, 6) is 0. The van der Waals surface area contributed by atoms with E-state index in [9.17, 15) is 0 Å². The van der Waals surface area contributed by atoms with Crippen molar-refractivity contribution in [3.8, 4) is 0 Å². The molecule has 2 aromatic rings. The molecule has 0 saturated carbocycles. The second-order valence-corrected chi connectivity index (χ2v) is 5.36. The normalized spacial score (nSPS) is 17.9. The van der Waals surface area contributed by atoms with E-state index in [1.807, 2.05) is 7.05 Å². The van der Waals surface area contributed by atoms with Gasteiger partial charge in [0.2, 0.25) is 0 Å². The summed E-state index contributed by atoms with van der Waals surface area (Å²) in [5.41, 5.74) is 3.80. The summed E-state index contributed by atoms with van der Waals surface area (Å²) in [7, 11) is 1.92. The average molecular weight is 260 g/mol. The molecule has 0 saturated heterocycles. The van der Waals surface area contributed by atoms with Crippen molar-refractivity contribution in [1.82, 2.24) is 9.59 Å². The molecule has 4 nitrogen and oxygen atoms in total. The van der Waals surface area contributed by atoms with Crippen LogP contribution in [0.15, 0.2) is 24.3 Å². The van der Waals surface area contributed by atoms with Crippen LogP contribution >= 0.6 is 11.5 Å². The smallest absolute Gasteiger partial charge is 0.134 e. The molecule has 5 heteroatoms. The Labute approximate surface area is 111 Å². The second kappa shape index (κ2) is 4.57. The summed E-state index contributed by atoms with van der Waals surface area (Å²) in [6.07, 6.45) is 1.11. The van der Waals surface area contributed by atoms with Gasteiger partial charge in [0.25, 0.3) is 0 Å². The van der Waals surface area contributed by atoms with Gasteiger partial charge < -0.3 is 10.2 Å². The van der Waals surface area contributed by atoms with Crippen LogP contribution in [0.2, 0.25) is 0 Å². The molecule has 1 unspecified atom stereocenters. The highest BCUT2D eigenvalue weighted by Crippen LogP contribution is 2.33. The zero-order valence-electron chi connectivity index (χ0n) is 10.6. The minimum absolute atomic E-state index is 0.522. The van der Waals surface area contributed by atoms with E-state index < -0.39 is 0 Å². The largest absolute Gasteiger partial charge is 0.377 e. The Balaban J connectivity index is 1.89. The molecule has 3 rings (SSSR count). The Kier molecular flexibility index (Phi) is 2.91. The maximum atomic E-state index is 4.22. The molecule has 0 spiro atoms. The van der Waals surface area contributed by atoms with Crippen LogP contribution in [0.5, 0.6) is 0 Å². The maximum absolute atomic E-state index is 4.22. The SMILES string of the molecule is CNc1snnc1CN1c2ccccc2CC1C. The van der Waals surface area contributed by atoms with Crippen molar-refractivity contribution in [3.05, 3.63) is 35.5 Å². The number of aromatic nitrogens is 2. The Hall–Kier alpha value is -1.62. The van der Waals surface area contributed by atoms with Gasteiger partial charge in [-0.05, 0) is 25.0 Å². The Morgan fingerprint density at radius 2 is 2.28 bits per heavy atom. The number of nitrogens with one attached hydrogen (secondary N) is 1. The average Bonchev–Trinajstić information content (AvgIpc) is 2.95. The molecule has 0 aliphatic carbocycles. The lowest BCUT2D eigenvalue weighted by molar-refractivity contribution is 0.664. The number of fused-ring (bicyclic) bond motifs is 1. The first kappa shape index (κ1) is 11.5. The zero-order valence-corrected chi connectivity index (χ0v) is 11.4. The van der Waals surface area contributed by atoms with Crippen molar-refractivity contribution >= 4 is 22.2 Å². The Bertz CT molecular complexity index is 551. The van der Waals surface area contributed by atoms with Gasteiger partial charge in [0, 0.05) is 30.3 Å². The molecule has 1 aliphatic heterocycles. The zero-order chi connectivity index (χ0) is 12.5. The molecule has 0 fully saturated rings. The van der Waals surface area contributed by atoms with Gasteiger partial charge in [0.05, 0.1) is 6.54 Å². The topological polar surface area (TPSA) is 41.1 Å². The fourth-order valence-corrected chi connectivity index (χ4v) is 3.06. The number of hydrogen-bond donors (Lipinski definition) is 1. The number of benzene rings is 1. The molecule has 18 heavy (non-hydrogen) atoms. The third-order valence-electron chi connectivity index (χ3n) is 3.45. The number of hydrogen-bond acceptors (Lipinski definition) is 5. The summed E-state index contributed by atoms with van der Waals surface area (Å²) in [5, 5.41) is 8.44. The monoisotopic (exact) mass is 260 g/mol. The van der Waals surface area contributed by atoms with Crippen molar-refractivity contribution in [2.45, 2.75) is 25.9 Å². The van der Waals surface area contributed by atoms with Gasteiger partial charge >= 0.3 is 0 Å². The molecule has 1 atom stereocenters. The maximum Gasteiger partial charge on any atom is 0.134 e. The molecule has 2 heterocycles. The van der Waals surface area contributed by atoms with Gasteiger partial charge in [0.15, 0.2) is 0 Å². The number of nitrogens with zero attached hydrogens (tertiary/aromatic N) is 3. The van der Waals surface area contributed by atoms with Crippen LogP contribution in [0.4, 0.5) is 10.7 Å². The summed E-state index contributed by atoms with van der Waals surface area (Å²) >= 11 is 1.42. The van der Waals surface area contributed by atoms with Crippen LogP contribution in [-0.2, 0) is 13.0 Å². The predicted molar refractivity (Wildman–Crippen MR) is 75.2 cm³/mol. The van der Waals surface area contributed by atoms with Crippen LogP contribution in [0.25, 0.3) is 0 Å². The van der Waals surface area contributed by atoms with Gasteiger partial charge in [-0.25, -0.2) is 0 Å². The van der Waals surface area contributed by atoms with Crippen LogP contribution < -0.4 is 10.2 Å². The van der Waals surface area contributed by atoms with Crippen molar-refractivity contribution in [2.75, 3.05) is 17.3 Å². The predicted octanol–water partition coefficient (Wildman–Crippen LogP) is 2.53. The van der Waals surface area contributed by atoms with E-state index in [0.29, 0.717) is 6.04 Å². The van der Waals surface area contributed by atoms with E-state index in [1.54, 1.807) is 0 Å². The minimum Gasteiger partial charge on any atom is -0.377 e. The van der Waals surface area contributed by atoms with E-state index in [0.717, 1.165) is 23.7 Å². The highest BCUT2D eigenvalue weighted by molar-refractivity contribution is 7.10. The van der Waals surface area contributed by atoms with Crippen molar-refractivity contribution in [1.29, 1.82) is 0 Å². The second-order valence-electron chi connectivity index (χ2n) is 4.61. The Morgan fingerprint density at radius 3 is 3.11 bits per heavy atom. The molecule has 1 aliphatic rings. The Morgan fingerprint density at radius 1 is 1.44 bits per heavy atom. The third-order valence-corrected chi connectivity index (χ3v) is 4.24. The van der Waals surface area contributed by atoms with Gasteiger partial charge in [-0.15, -0.1) is 5.10 Å².